The van der Waals surface area contributed by atoms with Crippen LogP contribution in [0.1, 0.15) is 36.4 Å². The average Bonchev–Trinajstić information content (AvgIpc) is 3.17. The number of alkyl halides is 3. The monoisotopic (exact) mass is 335 g/mol. The number of aliphatic carboxylic acids is 1. The van der Waals surface area contributed by atoms with Crippen molar-refractivity contribution in [2.75, 3.05) is 0 Å². The summed E-state index contributed by atoms with van der Waals surface area (Å²) in [6.45, 7) is 0. The summed E-state index contributed by atoms with van der Waals surface area (Å²) in [5.41, 5.74) is -0.927. The van der Waals surface area contributed by atoms with Gasteiger partial charge in [0.1, 0.15) is 0 Å². The zero-order chi connectivity index (χ0) is 16.3. The van der Waals surface area contributed by atoms with Crippen molar-refractivity contribution in [1.29, 1.82) is 0 Å². The van der Waals surface area contributed by atoms with E-state index in [2.05, 4.69) is 0 Å². The molecule has 0 bridgehead atoms. The lowest BCUT2D eigenvalue weighted by atomic mass is 10.0. The van der Waals surface area contributed by atoms with Crippen molar-refractivity contribution >= 4 is 16.0 Å². The Kier molecular flexibility index (Phi) is 3.26. The fourth-order valence-electron chi connectivity index (χ4n) is 2.77. The number of sulfonamides is 1. The van der Waals surface area contributed by atoms with Gasteiger partial charge in [0.05, 0.1) is 22.9 Å². The van der Waals surface area contributed by atoms with Crippen LogP contribution in [0.5, 0.6) is 0 Å². The summed E-state index contributed by atoms with van der Waals surface area (Å²) in [4.78, 5) is 10.6. The van der Waals surface area contributed by atoms with Crippen LogP contribution in [0.3, 0.4) is 0 Å². The minimum absolute atomic E-state index is 0.127. The van der Waals surface area contributed by atoms with Crippen LogP contribution in [0.4, 0.5) is 13.2 Å². The molecule has 1 N–H and O–H groups in total. The maximum Gasteiger partial charge on any atom is 0.416 e. The van der Waals surface area contributed by atoms with Crippen molar-refractivity contribution < 1.29 is 31.5 Å². The Morgan fingerprint density at radius 3 is 2.45 bits per heavy atom. The first kappa shape index (κ1) is 15.3. The minimum atomic E-state index is -4.65. The van der Waals surface area contributed by atoms with Crippen molar-refractivity contribution in [3.63, 3.8) is 0 Å². The van der Waals surface area contributed by atoms with Gasteiger partial charge in [-0.3, -0.25) is 4.79 Å². The highest BCUT2D eigenvalue weighted by Crippen LogP contribution is 2.48. The molecule has 0 spiro atoms. The van der Waals surface area contributed by atoms with Crippen LogP contribution in [-0.4, -0.2) is 29.8 Å². The molecule has 9 heteroatoms. The van der Waals surface area contributed by atoms with Crippen molar-refractivity contribution in [1.82, 2.24) is 4.31 Å². The van der Waals surface area contributed by atoms with Gasteiger partial charge in [-0.05, 0) is 30.5 Å². The number of carboxylic acids is 1. The normalized spacial score (nSPS) is 24.2. The molecule has 0 amide bonds. The van der Waals surface area contributed by atoms with E-state index in [1.54, 1.807) is 0 Å². The number of rotatable bonds is 3. The Balaban J connectivity index is 2.14. The fourth-order valence-corrected chi connectivity index (χ4v) is 4.90. The van der Waals surface area contributed by atoms with Crippen LogP contribution in [0, 0.1) is 0 Å². The summed E-state index contributed by atoms with van der Waals surface area (Å²) in [5.74, 6) is -1.20. The summed E-state index contributed by atoms with van der Waals surface area (Å²) in [7, 11) is -4.09. The predicted octanol–water partition coefficient (Wildman–Crippen LogP) is 2.39. The van der Waals surface area contributed by atoms with Gasteiger partial charge in [0.15, 0.2) is 0 Å². The largest absolute Gasteiger partial charge is 0.481 e. The molecule has 1 aromatic carbocycles. The van der Waals surface area contributed by atoms with Gasteiger partial charge in [-0.1, -0.05) is 6.07 Å². The van der Waals surface area contributed by atoms with Gasteiger partial charge < -0.3 is 5.11 Å². The first-order valence-electron chi connectivity index (χ1n) is 6.59. The third kappa shape index (κ3) is 2.38. The zero-order valence-electron chi connectivity index (χ0n) is 11.2. The molecule has 1 aliphatic carbocycles. The lowest BCUT2D eigenvalue weighted by Gasteiger charge is -2.21. The van der Waals surface area contributed by atoms with Crippen LogP contribution in [0.15, 0.2) is 23.1 Å². The van der Waals surface area contributed by atoms with E-state index >= 15 is 0 Å². The summed E-state index contributed by atoms with van der Waals surface area (Å²) < 4.78 is 64.4. The van der Waals surface area contributed by atoms with Gasteiger partial charge in [-0.15, -0.1) is 0 Å². The molecule has 0 radical (unpaired) electrons. The van der Waals surface area contributed by atoms with E-state index < -0.39 is 45.1 Å². The fraction of sp³-hybridized carbons (Fsp3) is 0.462. The highest BCUT2D eigenvalue weighted by Gasteiger charge is 2.51. The number of halogens is 3. The second-order valence-electron chi connectivity index (χ2n) is 5.43. The van der Waals surface area contributed by atoms with Gasteiger partial charge in [0, 0.05) is 6.04 Å². The SMILES string of the molecule is O=C(O)C[C@H]1c2ccc(C(F)(F)F)cc2S(=O)(=O)N1C1CC1. The lowest BCUT2D eigenvalue weighted by Crippen LogP contribution is -2.31. The molecule has 1 heterocycles. The summed E-state index contributed by atoms with van der Waals surface area (Å²) in [5, 5.41) is 8.97. The zero-order valence-corrected chi connectivity index (χ0v) is 12.0. The number of nitrogens with zero attached hydrogens (tertiary/aromatic N) is 1. The molecule has 3 rings (SSSR count). The molecule has 5 nitrogen and oxygen atoms in total. The molecule has 1 atom stereocenters. The van der Waals surface area contributed by atoms with E-state index in [0.717, 1.165) is 16.4 Å². The van der Waals surface area contributed by atoms with Crippen molar-refractivity contribution in [2.24, 2.45) is 0 Å². The van der Waals surface area contributed by atoms with E-state index in [0.29, 0.717) is 18.9 Å². The third-order valence-electron chi connectivity index (χ3n) is 3.84. The molecule has 2 aliphatic rings. The predicted molar refractivity (Wildman–Crippen MR) is 68.5 cm³/mol. The number of carboxylic acid groups (broad SMARTS) is 1. The minimum Gasteiger partial charge on any atom is -0.481 e. The molecule has 0 saturated heterocycles. The van der Waals surface area contributed by atoms with Crippen LogP contribution in [0.25, 0.3) is 0 Å². The van der Waals surface area contributed by atoms with Crippen LogP contribution >= 0.6 is 0 Å². The first-order chi connectivity index (χ1) is 10.1. The molecule has 1 fully saturated rings. The lowest BCUT2D eigenvalue weighted by molar-refractivity contribution is -0.139. The molecular weight excluding hydrogens is 323 g/mol. The third-order valence-corrected chi connectivity index (χ3v) is 5.85. The second kappa shape index (κ2) is 4.69. The van der Waals surface area contributed by atoms with Crippen molar-refractivity contribution in [3.8, 4) is 0 Å². The van der Waals surface area contributed by atoms with Crippen LogP contribution in [-0.2, 0) is 21.0 Å². The second-order valence-corrected chi connectivity index (χ2v) is 7.24. The summed E-state index contributed by atoms with van der Waals surface area (Å²) in [6.07, 6.45) is -3.93. The standard InChI is InChI=1S/C13H12F3NO4S/c14-13(15,16)7-1-4-9-10(6-12(18)19)17(8-2-3-8)22(20,21)11(9)5-7/h1,4-5,8,10H,2-3,6H2,(H,18,19)/t10-/m0/s1. The molecule has 1 aromatic rings. The van der Waals surface area contributed by atoms with E-state index in [9.17, 15) is 26.4 Å². The molecule has 1 aliphatic heterocycles. The Hall–Kier alpha value is -1.61. The first-order valence-corrected chi connectivity index (χ1v) is 8.03. The van der Waals surface area contributed by atoms with Crippen molar-refractivity contribution in [2.45, 2.75) is 42.4 Å². The molecule has 22 heavy (non-hydrogen) atoms. The van der Waals surface area contributed by atoms with Crippen LogP contribution < -0.4 is 0 Å². The Morgan fingerprint density at radius 1 is 1.32 bits per heavy atom. The molecule has 0 unspecified atom stereocenters. The molecular formula is C13H12F3NO4S. The van der Waals surface area contributed by atoms with Crippen LogP contribution in [0.2, 0.25) is 0 Å². The number of hydrogen-bond donors (Lipinski definition) is 1. The smallest absolute Gasteiger partial charge is 0.416 e. The molecule has 1 saturated carbocycles. The Labute approximate surface area is 124 Å². The number of carbonyl (C=O) groups is 1. The number of fused-ring (bicyclic) bond motifs is 1. The van der Waals surface area contributed by atoms with Gasteiger partial charge in [-0.2, -0.15) is 17.5 Å². The highest BCUT2D eigenvalue weighted by atomic mass is 32.2. The number of benzene rings is 1. The molecule has 0 aromatic heterocycles. The highest BCUT2D eigenvalue weighted by molar-refractivity contribution is 7.89. The van der Waals surface area contributed by atoms with Gasteiger partial charge in [0.2, 0.25) is 10.0 Å². The topological polar surface area (TPSA) is 74.7 Å². The van der Waals surface area contributed by atoms with Gasteiger partial charge >= 0.3 is 12.1 Å². The summed E-state index contributed by atoms with van der Waals surface area (Å²) >= 11 is 0. The number of hydrogen-bond acceptors (Lipinski definition) is 3. The average molecular weight is 335 g/mol. The van der Waals surface area contributed by atoms with Crippen molar-refractivity contribution in [3.05, 3.63) is 29.3 Å². The Bertz CT molecular complexity index is 740. The quantitative estimate of drug-likeness (QED) is 0.920. The summed E-state index contributed by atoms with van der Waals surface area (Å²) in [6, 6.07) is 1.20. The van der Waals surface area contributed by atoms with Gasteiger partial charge in [-0.25, -0.2) is 8.42 Å². The van der Waals surface area contributed by atoms with Gasteiger partial charge in [0.25, 0.3) is 0 Å². The Morgan fingerprint density at radius 2 is 1.95 bits per heavy atom. The maximum absolute atomic E-state index is 12.8. The van der Waals surface area contributed by atoms with E-state index in [1.165, 1.54) is 0 Å². The molecule has 120 valence electrons. The van der Waals surface area contributed by atoms with E-state index in [-0.39, 0.29) is 11.6 Å². The van der Waals surface area contributed by atoms with E-state index in [4.69, 9.17) is 5.11 Å². The van der Waals surface area contributed by atoms with E-state index in [1.807, 2.05) is 0 Å². The maximum atomic E-state index is 12.8.